The van der Waals surface area contributed by atoms with Crippen molar-refractivity contribution >= 4 is 17.1 Å². The van der Waals surface area contributed by atoms with Crippen LogP contribution < -0.4 is 4.90 Å². The Kier molecular flexibility index (Phi) is 9.48. The first-order valence-corrected chi connectivity index (χ1v) is 21.4. The highest BCUT2D eigenvalue weighted by molar-refractivity contribution is 6.02. The summed E-state index contributed by atoms with van der Waals surface area (Å²) in [6, 6.07) is 95.3. The Bertz CT molecular complexity index is 3120. The average molecular weight is 790 g/mol. The van der Waals surface area contributed by atoms with Crippen molar-refractivity contribution in [3.8, 4) is 55.6 Å². The molecule has 0 fully saturated rings. The quantitative estimate of drug-likeness (QED) is 0.141. The van der Waals surface area contributed by atoms with Gasteiger partial charge in [-0.3, -0.25) is 0 Å². The zero-order valence-electron chi connectivity index (χ0n) is 34.3. The highest BCUT2D eigenvalue weighted by Crippen LogP contribution is 2.58. The highest BCUT2D eigenvalue weighted by Gasteiger charge is 2.46. The number of fused-ring (bicyclic) bond motifs is 3. The molecule has 0 spiro atoms. The molecule has 0 aliphatic heterocycles. The predicted molar refractivity (Wildman–Crippen MR) is 260 cm³/mol. The van der Waals surface area contributed by atoms with E-state index in [2.05, 4.69) is 266 Å². The second-order valence-corrected chi connectivity index (χ2v) is 16.0. The first-order chi connectivity index (χ1) is 30.8. The van der Waals surface area contributed by atoms with E-state index in [0.29, 0.717) is 0 Å². The second kappa shape index (κ2) is 15.9. The molecule has 0 amide bonds. The van der Waals surface area contributed by atoms with Gasteiger partial charge in [0.05, 0.1) is 11.1 Å². The molecule has 1 nitrogen and oxygen atoms in total. The van der Waals surface area contributed by atoms with Crippen LogP contribution in [-0.2, 0) is 5.41 Å². The van der Waals surface area contributed by atoms with E-state index < -0.39 is 5.41 Å². The average Bonchev–Trinajstić information content (AvgIpc) is 3.66. The van der Waals surface area contributed by atoms with Gasteiger partial charge < -0.3 is 4.90 Å². The third kappa shape index (κ3) is 6.26. The molecule has 0 bridgehead atoms. The van der Waals surface area contributed by atoms with Crippen LogP contribution >= 0.6 is 0 Å². The van der Waals surface area contributed by atoms with E-state index in [-0.39, 0.29) is 0 Å². The van der Waals surface area contributed by atoms with Crippen LogP contribution in [0.15, 0.2) is 261 Å². The Hall–Kier alpha value is -8.00. The van der Waals surface area contributed by atoms with Gasteiger partial charge in [-0.05, 0) is 103 Å². The zero-order chi connectivity index (χ0) is 41.3. The number of anilines is 3. The van der Waals surface area contributed by atoms with Crippen molar-refractivity contribution in [3.05, 3.63) is 283 Å². The van der Waals surface area contributed by atoms with Crippen LogP contribution in [-0.4, -0.2) is 0 Å². The Morgan fingerprint density at radius 1 is 0.258 bits per heavy atom. The summed E-state index contributed by atoms with van der Waals surface area (Å²) in [7, 11) is 0. The summed E-state index contributed by atoms with van der Waals surface area (Å²) in [5, 5.41) is 0. The van der Waals surface area contributed by atoms with E-state index in [1.807, 2.05) is 0 Å². The van der Waals surface area contributed by atoms with Gasteiger partial charge in [0.2, 0.25) is 0 Å². The highest BCUT2D eigenvalue weighted by atomic mass is 15.1. The molecule has 11 rings (SSSR count). The topological polar surface area (TPSA) is 3.24 Å². The lowest BCUT2D eigenvalue weighted by molar-refractivity contribution is 0.768. The molecule has 10 aromatic carbocycles. The summed E-state index contributed by atoms with van der Waals surface area (Å²) in [6.45, 7) is 0. The summed E-state index contributed by atoms with van der Waals surface area (Å²) in [4.78, 5) is 2.49. The lowest BCUT2D eigenvalue weighted by Gasteiger charge is -2.34. The number of benzene rings is 10. The van der Waals surface area contributed by atoms with Crippen LogP contribution in [0.4, 0.5) is 17.1 Å². The molecule has 292 valence electrons. The Labute approximate surface area is 364 Å². The summed E-state index contributed by atoms with van der Waals surface area (Å²) >= 11 is 0. The van der Waals surface area contributed by atoms with Gasteiger partial charge in [0.15, 0.2) is 0 Å². The van der Waals surface area contributed by atoms with Crippen molar-refractivity contribution in [2.24, 2.45) is 0 Å². The molecule has 1 aliphatic carbocycles. The Morgan fingerprint density at radius 2 is 0.710 bits per heavy atom. The fraction of sp³-hybridized carbons (Fsp3) is 0.0164. The van der Waals surface area contributed by atoms with Crippen molar-refractivity contribution in [1.82, 2.24) is 0 Å². The first-order valence-electron chi connectivity index (χ1n) is 21.4. The molecule has 0 radical (unpaired) electrons. The van der Waals surface area contributed by atoms with Crippen molar-refractivity contribution in [2.45, 2.75) is 5.41 Å². The Morgan fingerprint density at radius 3 is 1.35 bits per heavy atom. The van der Waals surface area contributed by atoms with Crippen molar-refractivity contribution in [1.29, 1.82) is 0 Å². The molecule has 0 aromatic heterocycles. The van der Waals surface area contributed by atoms with Gasteiger partial charge in [0.25, 0.3) is 0 Å². The molecule has 0 heterocycles. The normalized spacial score (nSPS) is 12.3. The van der Waals surface area contributed by atoms with Gasteiger partial charge in [0, 0.05) is 16.9 Å². The SMILES string of the molecule is c1ccc(-c2cccc(N(c3ccc4c(c3)-c3ccccc3C4(c3ccccc3)c3ccccc3)c3cccc(-c4ccccc4)c3-c3ccccc3-c3ccccc3)c2)cc1. The monoisotopic (exact) mass is 789 g/mol. The number of nitrogens with zero attached hydrogens (tertiary/aromatic N) is 1. The molecule has 0 unspecified atom stereocenters. The van der Waals surface area contributed by atoms with Gasteiger partial charge in [-0.2, -0.15) is 0 Å². The number of hydrogen-bond acceptors (Lipinski definition) is 1. The molecule has 0 saturated carbocycles. The zero-order valence-corrected chi connectivity index (χ0v) is 34.3. The van der Waals surface area contributed by atoms with Crippen LogP contribution in [0.1, 0.15) is 22.3 Å². The van der Waals surface area contributed by atoms with Crippen LogP contribution in [0, 0.1) is 0 Å². The van der Waals surface area contributed by atoms with E-state index in [0.717, 1.165) is 22.6 Å². The maximum absolute atomic E-state index is 2.49. The lowest BCUT2D eigenvalue weighted by atomic mass is 9.68. The third-order valence-electron chi connectivity index (χ3n) is 12.6. The summed E-state index contributed by atoms with van der Waals surface area (Å²) < 4.78 is 0. The largest absolute Gasteiger partial charge is 0.310 e. The van der Waals surface area contributed by atoms with E-state index >= 15 is 0 Å². The summed E-state index contributed by atoms with van der Waals surface area (Å²) in [5.74, 6) is 0. The summed E-state index contributed by atoms with van der Waals surface area (Å²) in [5.41, 5.74) is 19.8. The van der Waals surface area contributed by atoms with Crippen molar-refractivity contribution in [3.63, 3.8) is 0 Å². The minimum atomic E-state index is -0.488. The van der Waals surface area contributed by atoms with E-state index in [1.54, 1.807) is 0 Å². The second-order valence-electron chi connectivity index (χ2n) is 16.0. The van der Waals surface area contributed by atoms with Crippen LogP contribution in [0.5, 0.6) is 0 Å². The molecular weight excluding hydrogens is 747 g/mol. The lowest BCUT2D eigenvalue weighted by Crippen LogP contribution is -2.28. The first kappa shape index (κ1) is 37.0. The minimum Gasteiger partial charge on any atom is -0.310 e. The minimum absolute atomic E-state index is 0.488. The van der Waals surface area contributed by atoms with Gasteiger partial charge in [-0.1, -0.05) is 231 Å². The standard InChI is InChI=1S/C61H43N/c1-6-22-44(23-7-1)47-28-20-33-50(42-47)62(59-39-21-37-53(46-26-10-3-11-27-46)60(59)55-36-17-16-34-52(55)45-24-8-2-9-25-45)51-40-41-58-56(43-51)54-35-18-19-38-57(54)61(58,48-29-12-4-13-30-48)49-31-14-5-15-32-49/h1-43H. The maximum atomic E-state index is 2.49. The van der Waals surface area contributed by atoms with Gasteiger partial charge >= 0.3 is 0 Å². The fourth-order valence-corrected chi connectivity index (χ4v) is 9.90. The predicted octanol–water partition coefficient (Wildman–Crippen LogP) is 16.2. The molecular formula is C61H43N. The molecule has 0 N–H and O–H groups in total. The van der Waals surface area contributed by atoms with Crippen LogP contribution in [0.3, 0.4) is 0 Å². The number of rotatable bonds is 9. The van der Waals surface area contributed by atoms with Gasteiger partial charge in [-0.25, -0.2) is 0 Å². The van der Waals surface area contributed by atoms with E-state index in [1.165, 1.54) is 72.3 Å². The van der Waals surface area contributed by atoms with E-state index in [4.69, 9.17) is 0 Å². The molecule has 0 atom stereocenters. The van der Waals surface area contributed by atoms with Gasteiger partial charge in [-0.15, -0.1) is 0 Å². The summed E-state index contributed by atoms with van der Waals surface area (Å²) in [6.07, 6.45) is 0. The van der Waals surface area contributed by atoms with E-state index in [9.17, 15) is 0 Å². The number of hydrogen-bond donors (Lipinski definition) is 0. The van der Waals surface area contributed by atoms with Crippen molar-refractivity contribution in [2.75, 3.05) is 4.90 Å². The van der Waals surface area contributed by atoms with Crippen LogP contribution in [0.25, 0.3) is 55.6 Å². The van der Waals surface area contributed by atoms with Crippen molar-refractivity contribution < 1.29 is 0 Å². The Balaban J connectivity index is 1.22. The molecule has 1 heteroatoms. The van der Waals surface area contributed by atoms with Crippen LogP contribution in [0.2, 0.25) is 0 Å². The fourth-order valence-electron chi connectivity index (χ4n) is 9.90. The molecule has 10 aromatic rings. The van der Waals surface area contributed by atoms with Gasteiger partial charge in [0.1, 0.15) is 0 Å². The molecule has 62 heavy (non-hydrogen) atoms. The molecule has 0 saturated heterocycles. The smallest absolute Gasteiger partial charge is 0.0713 e. The maximum Gasteiger partial charge on any atom is 0.0713 e. The molecule has 1 aliphatic rings. The third-order valence-corrected chi connectivity index (χ3v) is 12.6.